The van der Waals surface area contributed by atoms with Gasteiger partial charge in [0.1, 0.15) is 6.04 Å². The number of carbonyl (C=O) groups is 2. The van der Waals surface area contributed by atoms with E-state index in [0.717, 1.165) is 47.9 Å². The lowest BCUT2D eigenvalue weighted by molar-refractivity contribution is -0.141. The molecule has 1 fully saturated rings. The molecule has 36 heavy (non-hydrogen) atoms. The van der Waals surface area contributed by atoms with Gasteiger partial charge < -0.3 is 10.2 Å². The standard InChI is InChI=1S/C32H38N2O2/c1-24-13-12-14-26(21-24)23-34(25(2)32(36)33-29-19-10-5-11-20-29)31(35)22-30(27-15-6-3-7-16-27)28-17-8-4-9-18-28/h3-4,6-9,12-18,21,25,29-30H,5,10-11,19-20,22-23H2,1-2H3,(H,33,36). The van der Waals surface area contributed by atoms with E-state index in [0.29, 0.717) is 13.0 Å². The summed E-state index contributed by atoms with van der Waals surface area (Å²) in [7, 11) is 0. The van der Waals surface area contributed by atoms with Crippen LogP contribution in [-0.2, 0) is 16.1 Å². The number of hydrogen-bond acceptors (Lipinski definition) is 2. The van der Waals surface area contributed by atoms with E-state index < -0.39 is 6.04 Å². The quantitative estimate of drug-likeness (QED) is 0.385. The summed E-state index contributed by atoms with van der Waals surface area (Å²) in [6.45, 7) is 4.33. The molecule has 1 aliphatic rings. The number of aryl methyl sites for hydroxylation is 1. The molecular formula is C32H38N2O2. The van der Waals surface area contributed by atoms with E-state index in [1.165, 1.54) is 6.42 Å². The number of hydrogen-bond donors (Lipinski definition) is 1. The number of rotatable bonds is 9. The highest BCUT2D eigenvalue weighted by Crippen LogP contribution is 2.29. The Hall–Kier alpha value is -3.40. The van der Waals surface area contributed by atoms with Gasteiger partial charge in [0.25, 0.3) is 0 Å². The molecule has 0 saturated heterocycles. The van der Waals surface area contributed by atoms with E-state index in [1.54, 1.807) is 4.90 Å². The Morgan fingerprint density at radius 2 is 1.47 bits per heavy atom. The molecule has 1 saturated carbocycles. The van der Waals surface area contributed by atoms with Crippen molar-refractivity contribution in [1.82, 2.24) is 10.2 Å². The minimum absolute atomic E-state index is 0.0134. The SMILES string of the molecule is Cc1cccc(CN(C(=O)CC(c2ccccc2)c2ccccc2)C(C)C(=O)NC2CCCCC2)c1. The molecule has 4 rings (SSSR count). The zero-order valence-electron chi connectivity index (χ0n) is 21.5. The Bertz CT molecular complexity index is 1080. The zero-order valence-corrected chi connectivity index (χ0v) is 21.5. The van der Waals surface area contributed by atoms with E-state index in [9.17, 15) is 9.59 Å². The molecule has 1 atom stereocenters. The van der Waals surface area contributed by atoms with Crippen LogP contribution in [0.25, 0.3) is 0 Å². The van der Waals surface area contributed by atoms with Crippen LogP contribution in [0, 0.1) is 6.92 Å². The first-order chi connectivity index (χ1) is 17.5. The first kappa shape index (κ1) is 25.7. The molecule has 1 unspecified atom stereocenters. The summed E-state index contributed by atoms with van der Waals surface area (Å²) in [5.74, 6) is -0.145. The van der Waals surface area contributed by atoms with Gasteiger partial charge >= 0.3 is 0 Å². The average Bonchev–Trinajstić information content (AvgIpc) is 2.91. The van der Waals surface area contributed by atoms with Crippen LogP contribution in [0.3, 0.4) is 0 Å². The van der Waals surface area contributed by atoms with Crippen molar-refractivity contribution in [3.05, 3.63) is 107 Å². The Balaban J connectivity index is 1.59. The molecule has 0 aliphatic heterocycles. The van der Waals surface area contributed by atoms with E-state index in [1.807, 2.05) is 55.5 Å². The fourth-order valence-electron chi connectivity index (χ4n) is 5.25. The summed E-state index contributed by atoms with van der Waals surface area (Å²) in [5, 5.41) is 3.24. The first-order valence-corrected chi connectivity index (χ1v) is 13.3. The van der Waals surface area contributed by atoms with Gasteiger partial charge in [0.2, 0.25) is 11.8 Å². The van der Waals surface area contributed by atoms with Crippen LogP contribution in [0.4, 0.5) is 0 Å². The second kappa shape index (κ2) is 12.5. The van der Waals surface area contributed by atoms with Crippen molar-refractivity contribution in [2.45, 2.75) is 76.9 Å². The summed E-state index contributed by atoms with van der Waals surface area (Å²) < 4.78 is 0. The van der Waals surface area contributed by atoms with Crippen LogP contribution >= 0.6 is 0 Å². The highest BCUT2D eigenvalue weighted by atomic mass is 16.2. The monoisotopic (exact) mass is 482 g/mol. The minimum atomic E-state index is -0.549. The number of nitrogens with one attached hydrogen (secondary N) is 1. The van der Waals surface area contributed by atoms with Gasteiger partial charge in [0, 0.05) is 24.9 Å². The smallest absolute Gasteiger partial charge is 0.242 e. The summed E-state index contributed by atoms with van der Waals surface area (Å²) in [5.41, 5.74) is 4.39. The van der Waals surface area contributed by atoms with Crippen LogP contribution in [-0.4, -0.2) is 28.8 Å². The van der Waals surface area contributed by atoms with Gasteiger partial charge in [-0.05, 0) is 43.4 Å². The summed E-state index contributed by atoms with van der Waals surface area (Å²) >= 11 is 0. The van der Waals surface area contributed by atoms with Crippen LogP contribution in [0.15, 0.2) is 84.9 Å². The van der Waals surface area contributed by atoms with E-state index in [-0.39, 0.29) is 23.8 Å². The fourth-order valence-corrected chi connectivity index (χ4v) is 5.25. The third kappa shape index (κ3) is 6.84. The van der Waals surface area contributed by atoms with Crippen LogP contribution in [0.2, 0.25) is 0 Å². The lowest BCUT2D eigenvalue weighted by Crippen LogP contribution is -2.50. The molecule has 1 aliphatic carbocycles. The van der Waals surface area contributed by atoms with Crippen molar-refractivity contribution in [3.63, 3.8) is 0 Å². The molecule has 188 valence electrons. The largest absolute Gasteiger partial charge is 0.352 e. The lowest BCUT2D eigenvalue weighted by atomic mass is 9.88. The molecule has 3 aromatic rings. The predicted molar refractivity (Wildman–Crippen MR) is 146 cm³/mol. The molecule has 2 amide bonds. The van der Waals surface area contributed by atoms with Crippen molar-refractivity contribution >= 4 is 11.8 Å². The normalized spacial score (nSPS) is 14.9. The third-order valence-electron chi connectivity index (χ3n) is 7.34. The number of amides is 2. The number of nitrogens with zero attached hydrogens (tertiary/aromatic N) is 1. The highest BCUT2D eigenvalue weighted by molar-refractivity contribution is 5.88. The number of benzene rings is 3. The minimum Gasteiger partial charge on any atom is -0.352 e. The maximum atomic E-state index is 14.0. The summed E-state index contributed by atoms with van der Waals surface area (Å²) in [6, 6.07) is 28.2. The maximum absolute atomic E-state index is 14.0. The van der Waals surface area contributed by atoms with Crippen molar-refractivity contribution < 1.29 is 9.59 Å². The van der Waals surface area contributed by atoms with E-state index >= 15 is 0 Å². The average molecular weight is 483 g/mol. The maximum Gasteiger partial charge on any atom is 0.242 e. The Labute approximate surface area is 215 Å². The van der Waals surface area contributed by atoms with Gasteiger partial charge in [-0.1, -0.05) is 110 Å². The molecule has 0 spiro atoms. The zero-order chi connectivity index (χ0) is 25.3. The molecule has 0 aromatic heterocycles. The Morgan fingerprint density at radius 1 is 0.861 bits per heavy atom. The topological polar surface area (TPSA) is 49.4 Å². The molecule has 1 N–H and O–H groups in total. The van der Waals surface area contributed by atoms with Gasteiger partial charge in [0.05, 0.1) is 0 Å². The van der Waals surface area contributed by atoms with Gasteiger partial charge in [-0.2, -0.15) is 0 Å². The van der Waals surface area contributed by atoms with Crippen molar-refractivity contribution in [3.8, 4) is 0 Å². The molecule has 0 bridgehead atoms. The first-order valence-electron chi connectivity index (χ1n) is 13.3. The molecule has 0 radical (unpaired) electrons. The van der Waals surface area contributed by atoms with E-state index in [2.05, 4.69) is 48.6 Å². The summed E-state index contributed by atoms with van der Waals surface area (Å²) in [6.07, 6.45) is 5.89. The van der Waals surface area contributed by atoms with E-state index in [4.69, 9.17) is 0 Å². The van der Waals surface area contributed by atoms with Gasteiger partial charge in [0.15, 0.2) is 0 Å². The van der Waals surface area contributed by atoms with Gasteiger partial charge in [-0.25, -0.2) is 0 Å². The molecular weight excluding hydrogens is 444 g/mol. The summed E-state index contributed by atoms with van der Waals surface area (Å²) in [4.78, 5) is 29.1. The predicted octanol–water partition coefficient (Wildman–Crippen LogP) is 6.38. The molecule has 3 aromatic carbocycles. The third-order valence-corrected chi connectivity index (χ3v) is 7.34. The Kier molecular flexibility index (Phi) is 8.94. The van der Waals surface area contributed by atoms with Gasteiger partial charge in [-0.15, -0.1) is 0 Å². The lowest BCUT2D eigenvalue weighted by Gasteiger charge is -2.32. The van der Waals surface area contributed by atoms with Crippen molar-refractivity contribution in [2.75, 3.05) is 0 Å². The highest BCUT2D eigenvalue weighted by Gasteiger charge is 2.30. The second-order valence-corrected chi connectivity index (χ2v) is 10.1. The van der Waals surface area contributed by atoms with Crippen LogP contribution in [0.5, 0.6) is 0 Å². The van der Waals surface area contributed by atoms with Crippen molar-refractivity contribution in [2.24, 2.45) is 0 Å². The second-order valence-electron chi connectivity index (χ2n) is 10.1. The number of carbonyl (C=O) groups excluding carboxylic acids is 2. The molecule has 0 heterocycles. The fraction of sp³-hybridized carbons (Fsp3) is 0.375. The van der Waals surface area contributed by atoms with Crippen LogP contribution < -0.4 is 5.32 Å². The molecule has 4 heteroatoms. The van der Waals surface area contributed by atoms with Gasteiger partial charge in [-0.3, -0.25) is 9.59 Å². The van der Waals surface area contributed by atoms with Crippen LogP contribution in [0.1, 0.15) is 73.6 Å². The molecule has 4 nitrogen and oxygen atoms in total. The van der Waals surface area contributed by atoms with Crippen molar-refractivity contribution in [1.29, 1.82) is 0 Å². The Morgan fingerprint density at radius 3 is 2.06 bits per heavy atom.